The number of urea groups is 1. The Morgan fingerprint density at radius 2 is 2.00 bits per heavy atom. The third kappa shape index (κ3) is 4.55. The monoisotopic (exact) mass is 393 g/mol. The fourth-order valence-corrected chi connectivity index (χ4v) is 3.83. The van der Waals surface area contributed by atoms with Crippen LogP contribution < -0.4 is 5.32 Å². The Morgan fingerprint density at radius 3 is 2.54 bits per heavy atom. The highest BCUT2D eigenvalue weighted by Gasteiger charge is 2.29. The zero-order valence-corrected chi connectivity index (χ0v) is 17.5. The van der Waals surface area contributed by atoms with E-state index < -0.39 is 5.97 Å². The van der Waals surface area contributed by atoms with E-state index in [-0.39, 0.29) is 24.5 Å². The van der Waals surface area contributed by atoms with Gasteiger partial charge in [0.2, 0.25) is 0 Å². The largest absolute Gasteiger partial charge is 0.464 e. The maximum absolute atomic E-state index is 13.1. The summed E-state index contributed by atoms with van der Waals surface area (Å²) in [6, 6.07) is -0.287. The fourth-order valence-electron chi connectivity index (χ4n) is 3.83. The van der Waals surface area contributed by atoms with Crippen molar-refractivity contribution in [1.29, 1.82) is 0 Å². The maximum Gasteiger partial charge on any atom is 0.354 e. The first kappa shape index (κ1) is 21.9. The summed E-state index contributed by atoms with van der Waals surface area (Å²) in [6.07, 6.45) is 1.78. The Morgan fingerprint density at radius 1 is 1.29 bits per heavy atom. The van der Waals surface area contributed by atoms with Gasteiger partial charge in [-0.3, -0.25) is 4.79 Å². The average molecular weight is 393 g/mol. The van der Waals surface area contributed by atoms with Crippen LogP contribution in [0.4, 0.5) is 4.79 Å². The standard InChI is InChI=1S/C20H31N3O5/c1-6-21-20(26)22(11-15-9-8-10-28-15)12-16(24)17-13(3)18(19(25)27-5)23(7-2)14(17)4/h15H,6-12H2,1-5H3,(H,21,26). The summed E-state index contributed by atoms with van der Waals surface area (Å²) in [4.78, 5) is 39.3. The molecule has 1 aromatic rings. The van der Waals surface area contributed by atoms with Crippen molar-refractivity contribution >= 4 is 17.8 Å². The number of aromatic nitrogens is 1. The van der Waals surface area contributed by atoms with Crippen LogP contribution in [0.5, 0.6) is 0 Å². The van der Waals surface area contributed by atoms with Crippen LogP contribution in [0.15, 0.2) is 0 Å². The molecule has 1 unspecified atom stereocenters. The van der Waals surface area contributed by atoms with Crippen molar-refractivity contribution in [1.82, 2.24) is 14.8 Å². The van der Waals surface area contributed by atoms with Crippen molar-refractivity contribution < 1.29 is 23.9 Å². The number of nitrogens with one attached hydrogen (secondary N) is 1. The van der Waals surface area contributed by atoms with Crippen molar-refractivity contribution in [3.05, 3.63) is 22.5 Å². The Balaban J connectivity index is 2.30. The van der Waals surface area contributed by atoms with E-state index in [1.54, 1.807) is 11.5 Å². The molecule has 2 heterocycles. The highest BCUT2D eigenvalue weighted by molar-refractivity contribution is 6.04. The van der Waals surface area contributed by atoms with Crippen molar-refractivity contribution in [2.45, 2.75) is 53.2 Å². The van der Waals surface area contributed by atoms with Gasteiger partial charge in [-0.15, -0.1) is 0 Å². The minimum absolute atomic E-state index is 0.0523. The number of rotatable bonds is 8. The predicted octanol–water partition coefficient (Wildman–Crippen LogP) is 2.30. The van der Waals surface area contributed by atoms with Crippen LogP contribution in [0, 0.1) is 13.8 Å². The normalized spacial score (nSPS) is 16.1. The van der Waals surface area contributed by atoms with Gasteiger partial charge in [-0.1, -0.05) is 0 Å². The van der Waals surface area contributed by atoms with E-state index in [2.05, 4.69) is 5.32 Å². The van der Waals surface area contributed by atoms with Gasteiger partial charge >= 0.3 is 12.0 Å². The van der Waals surface area contributed by atoms with Crippen LogP contribution in [-0.2, 0) is 16.0 Å². The van der Waals surface area contributed by atoms with Gasteiger partial charge in [0.1, 0.15) is 5.69 Å². The Bertz CT molecular complexity index is 735. The van der Waals surface area contributed by atoms with Gasteiger partial charge in [0, 0.05) is 37.5 Å². The first-order chi connectivity index (χ1) is 13.3. The second-order valence-corrected chi connectivity index (χ2v) is 6.94. The highest BCUT2D eigenvalue weighted by atomic mass is 16.5. The summed E-state index contributed by atoms with van der Waals surface area (Å²) in [5, 5.41) is 2.76. The smallest absolute Gasteiger partial charge is 0.354 e. The van der Waals surface area contributed by atoms with Crippen molar-refractivity contribution in [3.63, 3.8) is 0 Å². The molecule has 1 aromatic heterocycles. The molecule has 1 saturated heterocycles. The third-order valence-corrected chi connectivity index (χ3v) is 5.14. The van der Waals surface area contributed by atoms with Crippen LogP contribution in [0.3, 0.4) is 0 Å². The number of ether oxygens (including phenoxy) is 2. The average Bonchev–Trinajstić information content (AvgIpc) is 3.26. The zero-order chi connectivity index (χ0) is 20.8. The number of amides is 2. The van der Waals surface area contributed by atoms with Gasteiger partial charge in [0.15, 0.2) is 5.78 Å². The lowest BCUT2D eigenvalue weighted by molar-refractivity contribution is 0.0587. The molecule has 2 amide bonds. The molecule has 2 rings (SSSR count). The number of ketones is 1. The van der Waals surface area contributed by atoms with E-state index >= 15 is 0 Å². The van der Waals surface area contributed by atoms with Crippen molar-refractivity contribution in [3.8, 4) is 0 Å². The Kier molecular flexibility index (Phi) is 7.62. The summed E-state index contributed by atoms with van der Waals surface area (Å²) in [5.74, 6) is -0.668. The summed E-state index contributed by atoms with van der Waals surface area (Å²) in [5.41, 5.74) is 2.15. The quantitative estimate of drug-likeness (QED) is 0.541. The van der Waals surface area contributed by atoms with Crippen molar-refractivity contribution in [2.75, 3.05) is 33.4 Å². The second-order valence-electron chi connectivity index (χ2n) is 6.94. The molecule has 1 N–H and O–H groups in total. The zero-order valence-electron chi connectivity index (χ0n) is 17.5. The molecule has 0 aliphatic carbocycles. The number of esters is 1. The van der Waals surface area contributed by atoms with Gasteiger partial charge in [-0.25, -0.2) is 9.59 Å². The van der Waals surface area contributed by atoms with Gasteiger partial charge in [-0.05, 0) is 46.1 Å². The summed E-state index contributed by atoms with van der Waals surface area (Å²) in [6.45, 7) is 9.31. The molecule has 0 aromatic carbocycles. The van der Waals surface area contributed by atoms with E-state index in [0.29, 0.717) is 48.8 Å². The molecular formula is C20H31N3O5. The minimum atomic E-state index is -0.471. The molecule has 1 aliphatic heterocycles. The molecule has 0 bridgehead atoms. The molecule has 28 heavy (non-hydrogen) atoms. The molecular weight excluding hydrogens is 362 g/mol. The number of methoxy groups -OCH3 is 1. The molecule has 156 valence electrons. The van der Waals surface area contributed by atoms with Crippen LogP contribution in [0.25, 0.3) is 0 Å². The molecule has 0 spiro atoms. The minimum Gasteiger partial charge on any atom is -0.464 e. The lowest BCUT2D eigenvalue weighted by Gasteiger charge is -2.25. The van der Waals surface area contributed by atoms with E-state index in [1.165, 1.54) is 12.0 Å². The maximum atomic E-state index is 13.1. The summed E-state index contributed by atoms with van der Waals surface area (Å²) < 4.78 is 12.3. The molecule has 1 fully saturated rings. The van der Waals surface area contributed by atoms with E-state index in [9.17, 15) is 14.4 Å². The van der Waals surface area contributed by atoms with Crippen molar-refractivity contribution in [2.24, 2.45) is 0 Å². The molecule has 0 radical (unpaired) electrons. The Hall–Kier alpha value is -2.35. The van der Waals surface area contributed by atoms with Gasteiger partial charge in [0.25, 0.3) is 0 Å². The first-order valence-electron chi connectivity index (χ1n) is 9.81. The number of hydrogen-bond donors (Lipinski definition) is 1. The lowest BCUT2D eigenvalue weighted by atomic mass is 10.0. The van der Waals surface area contributed by atoms with Crippen LogP contribution in [-0.4, -0.2) is 66.7 Å². The van der Waals surface area contributed by atoms with Gasteiger partial charge < -0.3 is 24.3 Å². The third-order valence-electron chi connectivity index (χ3n) is 5.14. The topological polar surface area (TPSA) is 89.9 Å². The Labute approximate surface area is 166 Å². The summed E-state index contributed by atoms with van der Waals surface area (Å²) in [7, 11) is 1.32. The molecule has 1 atom stereocenters. The number of carbonyl (C=O) groups is 3. The van der Waals surface area contributed by atoms with E-state index in [0.717, 1.165) is 12.8 Å². The molecule has 1 aliphatic rings. The number of hydrogen-bond acceptors (Lipinski definition) is 5. The number of nitrogens with zero attached hydrogens (tertiary/aromatic N) is 2. The first-order valence-corrected chi connectivity index (χ1v) is 9.81. The predicted molar refractivity (Wildman–Crippen MR) is 105 cm³/mol. The number of Topliss-reactive ketones (excluding diaryl/α,β-unsaturated/α-hetero) is 1. The fraction of sp³-hybridized carbons (Fsp3) is 0.650. The van der Waals surface area contributed by atoms with E-state index in [4.69, 9.17) is 9.47 Å². The molecule has 8 heteroatoms. The lowest BCUT2D eigenvalue weighted by Crippen LogP contribution is -2.46. The molecule has 0 saturated carbocycles. The van der Waals surface area contributed by atoms with Crippen LogP contribution >= 0.6 is 0 Å². The second kappa shape index (κ2) is 9.73. The van der Waals surface area contributed by atoms with Gasteiger partial charge in [0.05, 0.1) is 19.8 Å². The summed E-state index contributed by atoms with van der Waals surface area (Å²) >= 11 is 0. The van der Waals surface area contributed by atoms with Crippen LogP contribution in [0.2, 0.25) is 0 Å². The highest BCUT2D eigenvalue weighted by Crippen LogP contribution is 2.24. The van der Waals surface area contributed by atoms with Gasteiger partial charge in [-0.2, -0.15) is 0 Å². The SMILES string of the molecule is CCNC(=O)N(CC(=O)c1c(C)c(C(=O)OC)n(CC)c1C)CC1CCCO1. The van der Waals surface area contributed by atoms with E-state index in [1.807, 2.05) is 20.8 Å². The molecule has 8 nitrogen and oxygen atoms in total. The number of carbonyl (C=O) groups excluding carboxylic acids is 3. The van der Waals surface area contributed by atoms with Crippen LogP contribution in [0.1, 0.15) is 58.8 Å².